The predicted molar refractivity (Wildman–Crippen MR) is 172 cm³/mol. The molecule has 0 aromatic heterocycles. The van der Waals surface area contributed by atoms with Crippen molar-refractivity contribution in [3.8, 4) is 0 Å². The molecule has 0 heterocycles. The molecule has 0 bridgehead atoms. The van der Waals surface area contributed by atoms with Crippen molar-refractivity contribution in [2.75, 3.05) is 6.54 Å². The fourth-order valence-corrected chi connectivity index (χ4v) is 4.32. The van der Waals surface area contributed by atoms with E-state index in [2.05, 4.69) is 26.6 Å². The van der Waals surface area contributed by atoms with Crippen molar-refractivity contribution in [2.45, 2.75) is 114 Å². The number of amides is 6. The normalized spacial score (nSPS) is 15.2. The average molecular weight is 719 g/mol. The van der Waals surface area contributed by atoms with E-state index in [0.29, 0.717) is 12.8 Å². The number of nitrogens with one attached hydrogen (secondary N) is 5. The quantitative estimate of drug-likeness (QED) is 0.0396. The van der Waals surface area contributed by atoms with Crippen molar-refractivity contribution >= 4 is 53.4 Å². The molecule has 0 aliphatic carbocycles. The van der Waals surface area contributed by atoms with Crippen molar-refractivity contribution in [1.82, 2.24) is 26.6 Å². The van der Waals surface area contributed by atoms with Crippen molar-refractivity contribution in [1.29, 1.82) is 0 Å². The van der Waals surface area contributed by atoms with Gasteiger partial charge in [-0.3, -0.25) is 38.4 Å². The molecule has 0 saturated carbocycles. The van der Waals surface area contributed by atoms with Crippen LogP contribution in [0.25, 0.3) is 0 Å². The number of rotatable bonds is 25. The Balaban J connectivity index is 6.12. The fraction of sp³-hybridized carbons (Fsp3) is 0.690. The lowest BCUT2D eigenvalue weighted by molar-refractivity contribution is -0.143. The Hall–Kier alpha value is -4.89. The fourth-order valence-electron chi connectivity index (χ4n) is 4.32. The van der Waals surface area contributed by atoms with E-state index < -0.39 is 134 Å². The van der Waals surface area contributed by atoms with Gasteiger partial charge < -0.3 is 64.2 Å². The third kappa shape index (κ3) is 17.5. The Bertz CT molecular complexity index is 1230. The van der Waals surface area contributed by atoms with Gasteiger partial charge in [0.05, 0.1) is 12.5 Å². The van der Waals surface area contributed by atoms with Crippen LogP contribution in [0.3, 0.4) is 0 Å². The zero-order valence-corrected chi connectivity index (χ0v) is 28.2. The first-order valence-electron chi connectivity index (χ1n) is 15.8. The summed E-state index contributed by atoms with van der Waals surface area (Å²) in [5, 5.41) is 48.5. The summed E-state index contributed by atoms with van der Waals surface area (Å²) in [7, 11) is 0. The molecule has 0 aliphatic rings. The van der Waals surface area contributed by atoms with E-state index in [1.54, 1.807) is 0 Å². The first kappa shape index (κ1) is 45.1. The van der Waals surface area contributed by atoms with Crippen LogP contribution in [0, 0.1) is 5.92 Å². The highest BCUT2D eigenvalue weighted by Gasteiger charge is 2.35. The number of carboxylic acid groups (broad SMARTS) is 3. The molecule has 6 amide bonds. The van der Waals surface area contributed by atoms with Gasteiger partial charge in [-0.1, -0.05) is 13.8 Å². The minimum atomic E-state index is -1.74. The maximum Gasteiger partial charge on any atom is 0.326 e. The Morgan fingerprint density at radius 3 is 1.48 bits per heavy atom. The predicted octanol–water partition coefficient (Wildman–Crippen LogP) is -4.41. The first-order chi connectivity index (χ1) is 23.2. The molecule has 21 nitrogen and oxygen atoms in total. The molecule has 0 aliphatic heterocycles. The van der Waals surface area contributed by atoms with E-state index in [0.717, 1.165) is 0 Å². The number of nitrogens with two attached hydrogens (primary N) is 3. The monoisotopic (exact) mass is 718 g/mol. The van der Waals surface area contributed by atoms with Gasteiger partial charge in [0.1, 0.15) is 36.3 Å². The maximum absolute atomic E-state index is 13.4. The molecule has 0 saturated heterocycles. The van der Waals surface area contributed by atoms with Gasteiger partial charge in [0, 0.05) is 12.8 Å². The molecular weight excluding hydrogens is 668 g/mol. The number of hydrogen-bond acceptors (Lipinski definition) is 12. The number of aliphatic hydroxyl groups excluding tert-OH is 1. The largest absolute Gasteiger partial charge is 0.481 e. The van der Waals surface area contributed by atoms with E-state index in [-0.39, 0.29) is 13.0 Å². The number of carboxylic acids is 3. The van der Waals surface area contributed by atoms with Gasteiger partial charge in [-0.15, -0.1) is 0 Å². The van der Waals surface area contributed by atoms with E-state index >= 15 is 0 Å². The second kappa shape index (κ2) is 22.7. The highest BCUT2D eigenvalue weighted by Crippen LogP contribution is 2.09. The minimum absolute atomic E-state index is 0.0126. The van der Waals surface area contributed by atoms with Crippen molar-refractivity contribution in [3.63, 3.8) is 0 Å². The minimum Gasteiger partial charge on any atom is -0.481 e. The lowest BCUT2D eigenvalue weighted by atomic mass is 10.0. The van der Waals surface area contributed by atoms with Gasteiger partial charge in [-0.2, -0.15) is 0 Å². The van der Waals surface area contributed by atoms with Gasteiger partial charge >= 0.3 is 17.9 Å². The smallest absolute Gasteiger partial charge is 0.326 e. The molecular formula is C29H50N8O13. The summed E-state index contributed by atoms with van der Waals surface area (Å²) >= 11 is 0. The number of carbonyl (C=O) groups excluding carboxylic acids is 6. The van der Waals surface area contributed by atoms with Crippen molar-refractivity contribution in [3.05, 3.63) is 0 Å². The highest BCUT2D eigenvalue weighted by atomic mass is 16.4. The highest BCUT2D eigenvalue weighted by molar-refractivity contribution is 5.98. The zero-order chi connectivity index (χ0) is 38.7. The molecule has 0 unspecified atom stereocenters. The van der Waals surface area contributed by atoms with Gasteiger partial charge in [0.25, 0.3) is 0 Å². The average Bonchev–Trinajstić information content (AvgIpc) is 3.01. The number of hydrogen-bond donors (Lipinski definition) is 12. The van der Waals surface area contributed by atoms with Gasteiger partial charge in [0.15, 0.2) is 0 Å². The molecule has 7 atom stereocenters. The van der Waals surface area contributed by atoms with Crippen LogP contribution in [-0.4, -0.2) is 123 Å². The Morgan fingerprint density at radius 1 is 0.600 bits per heavy atom. The number of aliphatic carboxylic acids is 3. The third-order valence-corrected chi connectivity index (χ3v) is 7.23. The molecule has 21 heteroatoms. The topological polar surface area (TPSA) is 373 Å². The number of aliphatic hydroxyl groups is 1. The second-order valence-electron chi connectivity index (χ2n) is 11.9. The molecule has 0 aromatic rings. The van der Waals surface area contributed by atoms with Gasteiger partial charge in [0.2, 0.25) is 35.4 Å². The lowest BCUT2D eigenvalue weighted by Gasteiger charge is -2.28. The van der Waals surface area contributed by atoms with Crippen LogP contribution < -0.4 is 43.8 Å². The molecule has 0 rings (SSSR count). The first-order valence-corrected chi connectivity index (χ1v) is 15.8. The van der Waals surface area contributed by atoms with Gasteiger partial charge in [-0.25, -0.2) is 4.79 Å². The van der Waals surface area contributed by atoms with E-state index in [1.807, 2.05) is 0 Å². The van der Waals surface area contributed by atoms with E-state index in [1.165, 1.54) is 20.8 Å². The molecule has 0 spiro atoms. The second-order valence-corrected chi connectivity index (χ2v) is 11.9. The van der Waals surface area contributed by atoms with Crippen LogP contribution >= 0.6 is 0 Å². The summed E-state index contributed by atoms with van der Waals surface area (Å²) in [5.74, 6) is -10.9. The summed E-state index contributed by atoms with van der Waals surface area (Å²) < 4.78 is 0. The third-order valence-electron chi connectivity index (χ3n) is 7.23. The van der Waals surface area contributed by atoms with Crippen LogP contribution in [0.5, 0.6) is 0 Å². The summed E-state index contributed by atoms with van der Waals surface area (Å²) in [6, 6.07) is -9.16. The van der Waals surface area contributed by atoms with Crippen LogP contribution in [0.15, 0.2) is 0 Å². The Labute approximate surface area is 287 Å². The van der Waals surface area contributed by atoms with E-state index in [9.17, 15) is 53.4 Å². The number of carbonyl (C=O) groups is 9. The molecule has 50 heavy (non-hydrogen) atoms. The number of primary amides is 1. The SMILES string of the molecule is CC(C)[C@H](NC(=O)[C@H](CC(N)=O)NC(=O)[C@H](CCC(=O)O)NC(=O)[C@@H](N)[C@@H](C)O)C(=O)N[C@@H](CCCCN)C(=O)N[C@@H](CCC(=O)O)C(=O)O. The molecule has 284 valence electrons. The summed E-state index contributed by atoms with van der Waals surface area (Å²) in [4.78, 5) is 111. The Morgan fingerprint density at radius 2 is 1.04 bits per heavy atom. The van der Waals surface area contributed by atoms with Crippen molar-refractivity contribution in [2.24, 2.45) is 23.1 Å². The number of unbranched alkanes of at least 4 members (excludes halogenated alkanes) is 1. The van der Waals surface area contributed by atoms with Gasteiger partial charge in [-0.05, 0) is 51.5 Å². The lowest BCUT2D eigenvalue weighted by Crippen LogP contribution is -2.61. The molecule has 0 fully saturated rings. The van der Waals surface area contributed by atoms with Crippen LogP contribution in [0.4, 0.5) is 0 Å². The molecule has 15 N–H and O–H groups in total. The summed E-state index contributed by atoms with van der Waals surface area (Å²) in [6.07, 6.45) is -3.50. The molecule has 0 radical (unpaired) electrons. The Kier molecular flexibility index (Phi) is 20.5. The van der Waals surface area contributed by atoms with Crippen LogP contribution in [0.1, 0.15) is 72.1 Å². The van der Waals surface area contributed by atoms with Crippen LogP contribution in [0.2, 0.25) is 0 Å². The zero-order valence-electron chi connectivity index (χ0n) is 28.2. The molecule has 0 aromatic carbocycles. The summed E-state index contributed by atoms with van der Waals surface area (Å²) in [5.41, 5.74) is 16.4. The van der Waals surface area contributed by atoms with Crippen molar-refractivity contribution < 1.29 is 63.6 Å². The van der Waals surface area contributed by atoms with E-state index in [4.69, 9.17) is 27.4 Å². The maximum atomic E-state index is 13.4. The summed E-state index contributed by atoms with van der Waals surface area (Å²) in [6.45, 7) is 4.48. The van der Waals surface area contributed by atoms with Crippen LogP contribution in [-0.2, 0) is 43.2 Å². The standard InChI is InChI=1S/C29H50N8O13/c1-13(2)23(28(48)34-15(6-4-5-11-30)24(44)35-17(29(49)50)8-10-21(42)43)37-26(46)18(12-19(31)39)36-25(45)16(7-9-20(40)41)33-27(47)22(32)14(3)38/h13-18,22-23,38H,4-12,30,32H2,1-3H3,(H2,31,39)(H,33,47)(H,34,48)(H,35,44)(H,36,45)(H,37,46)(H,40,41)(H,42,43)(H,49,50)/t14-,15+,16+,17+,18+,22+,23+/m1/s1.